The zero-order valence-electron chi connectivity index (χ0n) is 17.2. The summed E-state index contributed by atoms with van der Waals surface area (Å²) < 4.78 is 39.3. The molecule has 4 rings (SSSR count). The molecule has 0 radical (unpaired) electrons. The summed E-state index contributed by atoms with van der Waals surface area (Å²) >= 11 is 0. The average molecular weight is 455 g/mol. The van der Waals surface area contributed by atoms with E-state index in [-0.39, 0.29) is 29.4 Å². The topological polar surface area (TPSA) is 103 Å². The number of nitrogens with one attached hydrogen (secondary N) is 3. The number of alkyl halides is 3. The quantitative estimate of drug-likeness (QED) is 0.335. The van der Waals surface area contributed by atoms with E-state index in [9.17, 15) is 23.1 Å². The van der Waals surface area contributed by atoms with Crippen LogP contribution in [0.25, 0.3) is 10.9 Å². The number of aromatic nitrogens is 3. The van der Waals surface area contributed by atoms with E-state index in [0.717, 1.165) is 17.7 Å². The van der Waals surface area contributed by atoms with Crippen molar-refractivity contribution < 1.29 is 18.3 Å². The number of rotatable bonds is 7. The van der Waals surface area contributed by atoms with Crippen LogP contribution in [0.2, 0.25) is 0 Å². The lowest BCUT2D eigenvalue weighted by molar-refractivity contribution is -0.137. The fourth-order valence-corrected chi connectivity index (χ4v) is 3.40. The van der Waals surface area contributed by atoms with Gasteiger partial charge in [0.1, 0.15) is 11.2 Å². The molecule has 2 aromatic heterocycles. The molecule has 1 atom stereocenters. The molecule has 4 aromatic rings. The summed E-state index contributed by atoms with van der Waals surface area (Å²) in [6.45, 7) is -0.206. The number of halogens is 3. The molecule has 170 valence electrons. The van der Waals surface area contributed by atoms with Gasteiger partial charge in [-0.05, 0) is 36.2 Å². The van der Waals surface area contributed by atoms with Gasteiger partial charge in [-0.15, -0.1) is 0 Å². The van der Waals surface area contributed by atoms with E-state index in [2.05, 4.69) is 25.6 Å². The highest BCUT2D eigenvalue weighted by atomic mass is 19.4. The van der Waals surface area contributed by atoms with E-state index in [0.29, 0.717) is 11.9 Å². The van der Waals surface area contributed by atoms with E-state index in [4.69, 9.17) is 0 Å². The Morgan fingerprint density at radius 1 is 1.03 bits per heavy atom. The fourth-order valence-electron chi connectivity index (χ4n) is 3.40. The zero-order chi connectivity index (χ0) is 23.4. The lowest BCUT2D eigenvalue weighted by atomic mass is 10.1. The molecule has 0 fully saturated rings. The minimum Gasteiger partial charge on any atom is -0.394 e. The predicted octanol–water partition coefficient (Wildman–Crippen LogP) is 4.10. The Morgan fingerprint density at radius 2 is 1.82 bits per heavy atom. The highest BCUT2D eigenvalue weighted by molar-refractivity contribution is 5.90. The van der Waals surface area contributed by atoms with Gasteiger partial charge in [0, 0.05) is 11.9 Å². The highest BCUT2D eigenvalue weighted by Crippen LogP contribution is 2.32. The molecular formula is C23H20F3N5O2. The number of fused-ring (bicyclic) bond motifs is 1. The minimum atomic E-state index is -4.51. The third-order valence-corrected chi connectivity index (χ3v) is 4.95. The molecule has 2 heterocycles. The van der Waals surface area contributed by atoms with Gasteiger partial charge in [0.15, 0.2) is 0 Å². The lowest BCUT2D eigenvalue weighted by Gasteiger charge is -2.18. The van der Waals surface area contributed by atoms with Crippen molar-refractivity contribution in [2.75, 3.05) is 17.2 Å². The van der Waals surface area contributed by atoms with Crippen molar-refractivity contribution in [3.8, 4) is 0 Å². The Morgan fingerprint density at radius 3 is 2.55 bits per heavy atom. The lowest BCUT2D eigenvalue weighted by Crippen LogP contribution is -2.27. The number of H-pyrrole nitrogens is 1. The van der Waals surface area contributed by atoms with Crippen molar-refractivity contribution in [2.45, 2.75) is 18.6 Å². The van der Waals surface area contributed by atoms with Crippen LogP contribution in [0, 0.1) is 0 Å². The third-order valence-electron chi connectivity index (χ3n) is 4.95. The fraction of sp³-hybridized carbons (Fsp3) is 0.174. The maximum atomic E-state index is 13.1. The van der Waals surface area contributed by atoms with Gasteiger partial charge < -0.3 is 20.7 Å². The SMILES string of the molecule is O=c1[nH]ccc2nc(NC(CO)Cc3ccccc3)nc(Nc3cccc(C(F)(F)F)c3)c12. The van der Waals surface area contributed by atoms with Crippen molar-refractivity contribution in [3.63, 3.8) is 0 Å². The summed E-state index contributed by atoms with van der Waals surface area (Å²) in [5.74, 6) is 0.164. The number of aliphatic hydroxyl groups excluding tert-OH is 1. The molecule has 0 aliphatic rings. The molecule has 2 aromatic carbocycles. The summed E-state index contributed by atoms with van der Waals surface area (Å²) in [5.41, 5.74) is 0.0746. The molecule has 33 heavy (non-hydrogen) atoms. The molecule has 0 saturated carbocycles. The van der Waals surface area contributed by atoms with Crippen molar-refractivity contribution in [3.05, 3.63) is 88.3 Å². The second-order valence-corrected chi connectivity index (χ2v) is 7.38. The second kappa shape index (κ2) is 9.29. The average Bonchev–Trinajstić information content (AvgIpc) is 2.79. The number of pyridine rings is 1. The molecule has 0 aliphatic carbocycles. The predicted molar refractivity (Wildman–Crippen MR) is 120 cm³/mol. The van der Waals surface area contributed by atoms with Crippen LogP contribution in [0.15, 0.2) is 71.7 Å². The molecular weight excluding hydrogens is 435 g/mol. The summed E-state index contributed by atoms with van der Waals surface area (Å²) in [7, 11) is 0. The van der Waals surface area contributed by atoms with Gasteiger partial charge >= 0.3 is 6.18 Å². The van der Waals surface area contributed by atoms with Gasteiger partial charge in [-0.2, -0.15) is 18.2 Å². The highest BCUT2D eigenvalue weighted by Gasteiger charge is 2.30. The molecule has 0 spiro atoms. The first-order valence-electron chi connectivity index (χ1n) is 10.1. The monoisotopic (exact) mass is 455 g/mol. The maximum absolute atomic E-state index is 13.1. The van der Waals surface area contributed by atoms with Gasteiger partial charge in [-0.1, -0.05) is 36.4 Å². The minimum absolute atomic E-state index is 0.0417. The first kappa shape index (κ1) is 22.3. The maximum Gasteiger partial charge on any atom is 0.416 e. The molecule has 0 amide bonds. The summed E-state index contributed by atoms with van der Waals surface area (Å²) in [4.78, 5) is 23.6. The van der Waals surface area contributed by atoms with Gasteiger partial charge in [-0.25, -0.2) is 4.98 Å². The summed E-state index contributed by atoms with van der Waals surface area (Å²) in [5, 5.41) is 15.8. The smallest absolute Gasteiger partial charge is 0.394 e. The number of aromatic amines is 1. The van der Waals surface area contributed by atoms with E-state index in [1.807, 2.05) is 30.3 Å². The van der Waals surface area contributed by atoms with E-state index in [1.54, 1.807) is 6.07 Å². The van der Waals surface area contributed by atoms with Crippen molar-refractivity contribution in [1.29, 1.82) is 0 Å². The molecule has 4 N–H and O–H groups in total. The largest absolute Gasteiger partial charge is 0.416 e. The normalized spacial score (nSPS) is 12.5. The third kappa shape index (κ3) is 5.29. The van der Waals surface area contributed by atoms with E-state index >= 15 is 0 Å². The molecule has 7 nitrogen and oxygen atoms in total. The molecule has 10 heteroatoms. The van der Waals surface area contributed by atoms with Crippen molar-refractivity contribution in [2.24, 2.45) is 0 Å². The Kier molecular flexibility index (Phi) is 6.27. The molecule has 1 unspecified atom stereocenters. The van der Waals surface area contributed by atoms with Crippen molar-refractivity contribution in [1.82, 2.24) is 15.0 Å². The number of hydrogen-bond donors (Lipinski definition) is 4. The van der Waals surface area contributed by atoms with E-state index in [1.165, 1.54) is 18.3 Å². The first-order valence-corrected chi connectivity index (χ1v) is 10.1. The Hall–Kier alpha value is -3.92. The van der Waals surface area contributed by atoms with Gasteiger partial charge in [0.05, 0.1) is 23.7 Å². The Labute approximate surface area is 186 Å². The van der Waals surface area contributed by atoms with Crippen molar-refractivity contribution >= 4 is 28.4 Å². The van der Waals surface area contributed by atoms with Crippen LogP contribution in [-0.2, 0) is 12.6 Å². The number of anilines is 3. The second-order valence-electron chi connectivity index (χ2n) is 7.38. The van der Waals surface area contributed by atoms with Gasteiger partial charge in [0.25, 0.3) is 5.56 Å². The summed E-state index contributed by atoms with van der Waals surface area (Å²) in [6.07, 6.45) is -2.60. The van der Waals surface area contributed by atoms with Crippen LogP contribution >= 0.6 is 0 Å². The number of nitrogens with zero attached hydrogens (tertiary/aromatic N) is 2. The van der Waals surface area contributed by atoms with Crippen LogP contribution in [-0.4, -0.2) is 32.7 Å². The van der Waals surface area contributed by atoms with Gasteiger partial charge in [-0.3, -0.25) is 4.79 Å². The Balaban J connectivity index is 1.69. The standard InChI is InChI=1S/C23H20F3N5O2/c24-23(25,26)15-7-4-8-16(12-15)28-20-19-18(9-10-27-21(19)33)30-22(31-20)29-17(13-32)11-14-5-2-1-3-6-14/h1-10,12,17,32H,11,13H2,(H,27,33)(H2,28,29,30,31). The zero-order valence-corrected chi connectivity index (χ0v) is 17.2. The number of benzene rings is 2. The molecule has 0 saturated heterocycles. The van der Waals surface area contributed by atoms with Crippen LogP contribution in [0.5, 0.6) is 0 Å². The van der Waals surface area contributed by atoms with Crippen LogP contribution in [0.1, 0.15) is 11.1 Å². The van der Waals surface area contributed by atoms with Crippen LogP contribution < -0.4 is 16.2 Å². The number of hydrogen-bond acceptors (Lipinski definition) is 6. The van der Waals surface area contributed by atoms with E-state index < -0.39 is 23.3 Å². The summed E-state index contributed by atoms with van der Waals surface area (Å²) in [6, 6.07) is 15.2. The van der Waals surface area contributed by atoms with Crippen LogP contribution in [0.3, 0.4) is 0 Å². The first-order chi connectivity index (χ1) is 15.8. The van der Waals surface area contributed by atoms with Gasteiger partial charge in [0.2, 0.25) is 5.95 Å². The number of aliphatic hydroxyl groups is 1. The molecule has 0 aliphatic heterocycles. The van der Waals surface area contributed by atoms with Crippen LogP contribution in [0.4, 0.5) is 30.6 Å². The molecule has 0 bridgehead atoms. The Bertz CT molecular complexity index is 1310.